The third-order valence-corrected chi connectivity index (χ3v) is 3.18. The van der Waals surface area contributed by atoms with E-state index in [1.54, 1.807) is 6.20 Å². The van der Waals surface area contributed by atoms with Gasteiger partial charge in [-0.1, -0.05) is 29.9 Å². The van der Waals surface area contributed by atoms with Gasteiger partial charge in [-0.25, -0.2) is 0 Å². The van der Waals surface area contributed by atoms with E-state index in [0.29, 0.717) is 10.7 Å². The van der Waals surface area contributed by atoms with E-state index < -0.39 is 0 Å². The molecular formula is C15H17N3S. The van der Waals surface area contributed by atoms with Crippen LogP contribution in [0.2, 0.25) is 0 Å². The summed E-state index contributed by atoms with van der Waals surface area (Å²) in [6.07, 6.45) is 1.74. The van der Waals surface area contributed by atoms with Crippen molar-refractivity contribution in [2.75, 3.05) is 11.9 Å². The molecule has 2 rings (SSSR count). The minimum atomic E-state index is 0.333. The summed E-state index contributed by atoms with van der Waals surface area (Å²) >= 11 is 4.94. The van der Waals surface area contributed by atoms with Crippen LogP contribution in [0.1, 0.15) is 16.8 Å². The molecule has 0 saturated heterocycles. The number of hydrogen-bond donors (Lipinski definition) is 1. The lowest BCUT2D eigenvalue weighted by Gasteiger charge is -2.19. The predicted octanol–water partition coefficient (Wildman–Crippen LogP) is 2.66. The number of anilines is 1. The second-order valence-electron chi connectivity index (χ2n) is 4.61. The highest BCUT2D eigenvalue weighted by atomic mass is 32.1. The highest BCUT2D eigenvalue weighted by Gasteiger charge is 2.04. The van der Waals surface area contributed by atoms with Crippen LogP contribution in [0.3, 0.4) is 0 Å². The molecule has 3 nitrogen and oxygen atoms in total. The second-order valence-corrected chi connectivity index (χ2v) is 5.05. The van der Waals surface area contributed by atoms with Crippen LogP contribution in [0, 0.1) is 6.92 Å². The van der Waals surface area contributed by atoms with E-state index in [1.165, 1.54) is 11.3 Å². The van der Waals surface area contributed by atoms with Gasteiger partial charge >= 0.3 is 0 Å². The maximum absolute atomic E-state index is 5.60. The smallest absolute Gasteiger partial charge is 0.122 e. The van der Waals surface area contributed by atoms with Gasteiger partial charge in [0.1, 0.15) is 4.99 Å². The maximum atomic E-state index is 5.60. The van der Waals surface area contributed by atoms with Crippen molar-refractivity contribution >= 4 is 22.9 Å². The molecule has 0 fully saturated rings. The van der Waals surface area contributed by atoms with Crippen LogP contribution in [-0.4, -0.2) is 17.0 Å². The summed E-state index contributed by atoms with van der Waals surface area (Å²) in [5.74, 6) is 0. The molecule has 0 unspecified atom stereocenters. The highest BCUT2D eigenvalue weighted by molar-refractivity contribution is 7.80. The molecule has 0 aliphatic heterocycles. The number of aryl methyl sites for hydroxylation is 1. The number of hydrogen-bond acceptors (Lipinski definition) is 3. The van der Waals surface area contributed by atoms with Gasteiger partial charge < -0.3 is 10.6 Å². The van der Waals surface area contributed by atoms with E-state index in [9.17, 15) is 0 Å². The number of thiocarbonyl (C=S) groups is 1. The Morgan fingerprint density at radius 3 is 2.58 bits per heavy atom. The van der Waals surface area contributed by atoms with Gasteiger partial charge in [0.15, 0.2) is 0 Å². The molecule has 1 aromatic carbocycles. The van der Waals surface area contributed by atoms with Crippen LogP contribution in [-0.2, 0) is 6.54 Å². The van der Waals surface area contributed by atoms with E-state index in [-0.39, 0.29) is 0 Å². The van der Waals surface area contributed by atoms with Crippen molar-refractivity contribution in [2.45, 2.75) is 13.5 Å². The fraction of sp³-hybridized carbons (Fsp3) is 0.200. The van der Waals surface area contributed by atoms with Crippen LogP contribution in [0.5, 0.6) is 0 Å². The molecule has 0 bridgehead atoms. The van der Waals surface area contributed by atoms with Crippen LogP contribution < -0.4 is 10.6 Å². The van der Waals surface area contributed by atoms with Crippen molar-refractivity contribution in [2.24, 2.45) is 5.73 Å². The molecule has 2 aromatic rings. The van der Waals surface area contributed by atoms with Gasteiger partial charge in [0.05, 0.1) is 5.69 Å². The van der Waals surface area contributed by atoms with Crippen LogP contribution in [0.25, 0.3) is 0 Å². The van der Waals surface area contributed by atoms with Crippen molar-refractivity contribution in [1.29, 1.82) is 0 Å². The van der Waals surface area contributed by atoms with E-state index in [1.807, 2.05) is 12.1 Å². The molecule has 0 amide bonds. The summed E-state index contributed by atoms with van der Waals surface area (Å²) in [7, 11) is 2.06. The standard InChI is InChI=1S/C15H17N3S/c1-11-3-5-13(6-4-11)18(2)10-12-7-8-17-14(9-12)15(16)19/h3-9H,10H2,1-2H3,(H2,16,19). The zero-order chi connectivity index (χ0) is 13.8. The summed E-state index contributed by atoms with van der Waals surface area (Å²) in [5, 5.41) is 0. The molecule has 4 heteroatoms. The minimum absolute atomic E-state index is 0.333. The van der Waals surface area contributed by atoms with Gasteiger partial charge in [-0.2, -0.15) is 0 Å². The number of nitrogens with zero attached hydrogens (tertiary/aromatic N) is 2. The third-order valence-electron chi connectivity index (χ3n) is 2.97. The molecule has 0 aliphatic carbocycles. The zero-order valence-electron chi connectivity index (χ0n) is 11.1. The van der Waals surface area contributed by atoms with Gasteiger partial charge in [-0.15, -0.1) is 0 Å². The first-order chi connectivity index (χ1) is 9.06. The summed E-state index contributed by atoms with van der Waals surface area (Å²) in [5.41, 5.74) is 9.85. The second kappa shape index (κ2) is 5.80. The zero-order valence-corrected chi connectivity index (χ0v) is 11.9. The Kier molecular flexibility index (Phi) is 4.12. The lowest BCUT2D eigenvalue weighted by molar-refractivity contribution is 0.918. The molecule has 0 atom stereocenters. The maximum Gasteiger partial charge on any atom is 0.122 e. The predicted molar refractivity (Wildman–Crippen MR) is 83.4 cm³/mol. The summed E-state index contributed by atoms with van der Waals surface area (Å²) < 4.78 is 0. The van der Waals surface area contributed by atoms with E-state index in [0.717, 1.165) is 12.1 Å². The van der Waals surface area contributed by atoms with Crippen molar-refractivity contribution in [3.63, 3.8) is 0 Å². The van der Waals surface area contributed by atoms with Crippen LogP contribution in [0.15, 0.2) is 42.6 Å². The van der Waals surface area contributed by atoms with Crippen molar-refractivity contribution in [3.8, 4) is 0 Å². The average molecular weight is 271 g/mol. The van der Waals surface area contributed by atoms with Crippen molar-refractivity contribution < 1.29 is 0 Å². The molecule has 0 spiro atoms. The Balaban J connectivity index is 2.14. The number of pyridine rings is 1. The number of nitrogens with two attached hydrogens (primary N) is 1. The molecule has 1 heterocycles. The number of rotatable bonds is 4. The number of aromatic nitrogens is 1. The van der Waals surface area contributed by atoms with Crippen LogP contribution in [0.4, 0.5) is 5.69 Å². The van der Waals surface area contributed by atoms with E-state index in [2.05, 4.69) is 48.1 Å². The Morgan fingerprint density at radius 2 is 1.95 bits per heavy atom. The van der Waals surface area contributed by atoms with Gasteiger partial charge in [0, 0.05) is 25.5 Å². The molecule has 19 heavy (non-hydrogen) atoms. The van der Waals surface area contributed by atoms with E-state index in [4.69, 9.17) is 18.0 Å². The fourth-order valence-electron chi connectivity index (χ4n) is 1.87. The summed E-state index contributed by atoms with van der Waals surface area (Å²) in [4.78, 5) is 6.66. The SMILES string of the molecule is Cc1ccc(N(C)Cc2ccnc(C(N)=S)c2)cc1. The Hall–Kier alpha value is -1.94. The summed E-state index contributed by atoms with van der Waals surface area (Å²) in [6.45, 7) is 2.88. The largest absolute Gasteiger partial charge is 0.388 e. The molecule has 0 aliphatic rings. The Labute approximate surface area is 119 Å². The van der Waals surface area contributed by atoms with Crippen molar-refractivity contribution in [1.82, 2.24) is 4.98 Å². The molecule has 98 valence electrons. The normalized spacial score (nSPS) is 10.2. The molecule has 1 aromatic heterocycles. The van der Waals surface area contributed by atoms with Crippen molar-refractivity contribution in [3.05, 3.63) is 59.4 Å². The molecule has 0 radical (unpaired) electrons. The average Bonchev–Trinajstić information content (AvgIpc) is 2.39. The van der Waals surface area contributed by atoms with Crippen LogP contribution >= 0.6 is 12.2 Å². The molecular weight excluding hydrogens is 254 g/mol. The first kappa shape index (κ1) is 13.5. The summed E-state index contributed by atoms with van der Waals surface area (Å²) in [6, 6.07) is 12.4. The van der Waals surface area contributed by atoms with Gasteiger partial charge in [-0.05, 0) is 36.8 Å². The fourth-order valence-corrected chi connectivity index (χ4v) is 1.98. The van der Waals surface area contributed by atoms with Gasteiger partial charge in [-0.3, -0.25) is 4.98 Å². The van der Waals surface area contributed by atoms with E-state index >= 15 is 0 Å². The number of benzene rings is 1. The lowest BCUT2D eigenvalue weighted by Crippen LogP contribution is -2.17. The monoisotopic (exact) mass is 271 g/mol. The minimum Gasteiger partial charge on any atom is -0.388 e. The lowest BCUT2D eigenvalue weighted by atomic mass is 10.2. The third kappa shape index (κ3) is 3.51. The first-order valence-corrected chi connectivity index (χ1v) is 6.49. The quantitative estimate of drug-likeness (QED) is 0.868. The Morgan fingerprint density at radius 1 is 1.26 bits per heavy atom. The Bertz CT molecular complexity index is 578. The van der Waals surface area contributed by atoms with Gasteiger partial charge in [0.2, 0.25) is 0 Å². The highest BCUT2D eigenvalue weighted by Crippen LogP contribution is 2.16. The topological polar surface area (TPSA) is 42.2 Å². The molecule has 2 N–H and O–H groups in total. The van der Waals surface area contributed by atoms with Gasteiger partial charge in [0.25, 0.3) is 0 Å². The first-order valence-electron chi connectivity index (χ1n) is 6.09. The molecule has 0 saturated carbocycles.